The predicted molar refractivity (Wildman–Crippen MR) is 126 cm³/mol. The fourth-order valence-electron chi connectivity index (χ4n) is 3.34. The lowest BCUT2D eigenvalue weighted by Crippen LogP contribution is -2.46. The zero-order valence-electron chi connectivity index (χ0n) is 20.9. The quantitative estimate of drug-likeness (QED) is 0.537. The van der Waals surface area contributed by atoms with Gasteiger partial charge in [-0.15, -0.1) is 10.2 Å². The predicted octanol–water partition coefficient (Wildman–Crippen LogP) is 2.96. The van der Waals surface area contributed by atoms with E-state index < -0.39 is 41.7 Å². The second kappa shape index (κ2) is 11.6. The molecule has 34 heavy (non-hydrogen) atoms. The molecule has 0 aliphatic heterocycles. The fraction of sp³-hybridized carbons (Fsp3) is 0.542. The number of nitrogens with zero attached hydrogens (tertiary/aromatic N) is 3. The summed E-state index contributed by atoms with van der Waals surface area (Å²) in [5.41, 5.74) is 0.228. The first-order valence-electron chi connectivity index (χ1n) is 11.2. The lowest BCUT2D eigenvalue weighted by molar-refractivity contribution is -0.145. The van der Waals surface area contributed by atoms with E-state index in [1.54, 1.807) is 32.3 Å². The highest BCUT2D eigenvalue weighted by Gasteiger charge is 2.31. The Hall–Kier alpha value is -3.43. The van der Waals surface area contributed by atoms with Crippen LogP contribution in [0.3, 0.4) is 0 Å². The Labute approximate surface area is 200 Å². The molecule has 0 fully saturated rings. The summed E-state index contributed by atoms with van der Waals surface area (Å²) in [6.07, 6.45) is 1.12. The molecule has 2 aromatic rings. The maximum atomic E-state index is 13.1. The van der Waals surface area contributed by atoms with E-state index in [-0.39, 0.29) is 12.3 Å². The average molecular weight is 474 g/mol. The first-order valence-corrected chi connectivity index (χ1v) is 11.2. The van der Waals surface area contributed by atoms with Crippen LogP contribution >= 0.6 is 0 Å². The molecule has 1 heterocycles. The molecule has 2 amide bonds. The van der Waals surface area contributed by atoms with E-state index in [2.05, 4.69) is 20.8 Å². The molecule has 1 aromatic carbocycles. The monoisotopic (exact) mass is 473 g/mol. The van der Waals surface area contributed by atoms with Gasteiger partial charge in [0.05, 0.1) is 13.2 Å². The molecule has 186 valence electrons. The molecule has 0 spiro atoms. The van der Waals surface area contributed by atoms with Crippen LogP contribution in [0.4, 0.5) is 4.79 Å². The molecular weight excluding hydrogens is 438 g/mol. The summed E-state index contributed by atoms with van der Waals surface area (Å²) in [6.45, 7) is 10.8. The molecule has 10 nitrogen and oxygen atoms in total. The van der Waals surface area contributed by atoms with Gasteiger partial charge in [-0.25, -0.2) is 9.59 Å². The number of nitrogens with one attached hydrogen (secondary N) is 2. The van der Waals surface area contributed by atoms with Crippen molar-refractivity contribution in [1.29, 1.82) is 0 Å². The van der Waals surface area contributed by atoms with Crippen molar-refractivity contribution in [3.05, 3.63) is 48.0 Å². The largest absolute Gasteiger partial charge is 0.467 e. The number of aromatic nitrogens is 3. The van der Waals surface area contributed by atoms with Gasteiger partial charge in [0.2, 0.25) is 5.91 Å². The van der Waals surface area contributed by atoms with E-state index in [9.17, 15) is 14.4 Å². The topological polar surface area (TPSA) is 124 Å². The number of hydrogen-bond donors (Lipinski definition) is 2. The van der Waals surface area contributed by atoms with Crippen LogP contribution in [0, 0.1) is 5.92 Å². The Morgan fingerprint density at radius 1 is 1.06 bits per heavy atom. The van der Waals surface area contributed by atoms with E-state index in [1.165, 1.54) is 13.4 Å². The van der Waals surface area contributed by atoms with Crippen LogP contribution in [-0.4, -0.2) is 51.5 Å². The summed E-state index contributed by atoms with van der Waals surface area (Å²) in [5.74, 6) is -0.611. The zero-order valence-corrected chi connectivity index (χ0v) is 20.9. The van der Waals surface area contributed by atoms with Crippen LogP contribution < -0.4 is 10.6 Å². The summed E-state index contributed by atoms with van der Waals surface area (Å²) in [5, 5.41) is 13.7. The smallest absolute Gasteiger partial charge is 0.408 e. The third-order valence-corrected chi connectivity index (χ3v) is 5.10. The van der Waals surface area contributed by atoms with Crippen molar-refractivity contribution in [3.63, 3.8) is 0 Å². The Bertz CT molecular complexity index is 968. The Balaban J connectivity index is 2.20. The Kier molecular flexibility index (Phi) is 9.17. The van der Waals surface area contributed by atoms with Gasteiger partial charge in [0.1, 0.15) is 24.0 Å². The SMILES string of the molecule is COC(=O)[C@H](Cc1ccccc1)NC(=O)[C@H](C)n1cnnc1[C@@H](NC(=O)OC(C)(C)C)C(C)C. The van der Waals surface area contributed by atoms with Crippen LogP contribution in [0.5, 0.6) is 0 Å². The van der Waals surface area contributed by atoms with Gasteiger partial charge in [-0.3, -0.25) is 4.79 Å². The number of rotatable bonds is 9. The molecule has 2 rings (SSSR count). The summed E-state index contributed by atoms with van der Waals surface area (Å²) < 4.78 is 11.8. The van der Waals surface area contributed by atoms with E-state index in [1.807, 2.05) is 44.2 Å². The molecule has 0 saturated carbocycles. The van der Waals surface area contributed by atoms with Crippen LogP contribution in [0.2, 0.25) is 0 Å². The van der Waals surface area contributed by atoms with E-state index in [4.69, 9.17) is 9.47 Å². The average Bonchev–Trinajstić information content (AvgIpc) is 3.24. The van der Waals surface area contributed by atoms with Crippen LogP contribution in [0.1, 0.15) is 65.0 Å². The van der Waals surface area contributed by atoms with Crippen molar-refractivity contribution in [1.82, 2.24) is 25.4 Å². The maximum Gasteiger partial charge on any atom is 0.408 e. The summed E-state index contributed by atoms with van der Waals surface area (Å²) >= 11 is 0. The lowest BCUT2D eigenvalue weighted by atomic mass is 10.0. The number of hydrogen-bond acceptors (Lipinski definition) is 7. The van der Waals surface area contributed by atoms with Crippen molar-refractivity contribution in [2.24, 2.45) is 5.92 Å². The van der Waals surface area contributed by atoms with Crippen molar-refractivity contribution >= 4 is 18.0 Å². The first-order chi connectivity index (χ1) is 15.9. The summed E-state index contributed by atoms with van der Waals surface area (Å²) in [6, 6.07) is 7.19. The van der Waals surface area contributed by atoms with Gasteiger partial charge in [0, 0.05) is 6.42 Å². The fourth-order valence-corrected chi connectivity index (χ4v) is 3.34. The number of esters is 1. The number of amides is 2. The molecule has 0 bridgehead atoms. The summed E-state index contributed by atoms with van der Waals surface area (Å²) in [7, 11) is 1.28. The number of ether oxygens (including phenoxy) is 2. The Morgan fingerprint density at radius 2 is 1.71 bits per heavy atom. The summed E-state index contributed by atoms with van der Waals surface area (Å²) in [4.78, 5) is 37.8. The zero-order chi connectivity index (χ0) is 25.5. The van der Waals surface area contributed by atoms with Gasteiger partial charge in [0.25, 0.3) is 0 Å². The highest BCUT2D eigenvalue weighted by Crippen LogP contribution is 2.23. The molecule has 0 aliphatic carbocycles. The van der Waals surface area contributed by atoms with Gasteiger partial charge < -0.3 is 24.7 Å². The minimum absolute atomic E-state index is 0.0633. The van der Waals surface area contributed by atoms with E-state index >= 15 is 0 Å². The third-order valence-electron chi connectivity index (χ3n) is 5.10. The number of methoxy groups -OCH3 is 1. The number of carbonyl (C=O) groups excluding carboxylic acids is 3. The van der Waals surface area contributed by atoms with Crippen LogP contribution in [0.15, 0.2) is 36.7 Å². The number of alkyl carbamates (subject to hydrolysis) is 1. The van der Waals surface area contributed by atoms with Gasteiger partial charge in [-0.1, -0.05) is 44.2 Å². The molecule has 0 radical (unpaired) electrons. The molecule has 10 heteroatoms. The standard InChI is InChI=1S/C24H35N5O5/c1-15(2)19(27-23(32)34-24(4,5)6)20-28-25-14-29(20)16(3)21(30)26-18(22(31)33-7)13-17-11-9-8-10-12-17/h8-12,14-16,18-19H,13H2,1-7H3,(H,26,30)(H,27,32)/t16-,18-,19-/m0/s1. The molecule has 2 N–H and O–H groups in total. The normalized spacial score (nSPS) is 14.1. The molecule has 3 atom stereocenters. The first kappa shape index (κ1) is 26.8. The van der Waals surface area contributed by atoms with E-state index in [0.717, 1.165) is 5.56 Å². The molecule has 0 aliphatic rings. The lowest BCUT2D eigenvalue weighted by Gasteiger charge is -2.27. The minimum atomic E-state index is -0.858. The van der Waals surface area contributed by atoms with Crippen molar-refractivity contribution in [2.75, 3.05) is 7.11 Å². The van der Waals surface area contributed by atoms with Gasteiger partial charge in [-0.05, 0) is 39.2 Å². The molecule has 0 unspecified atom stereocenters. The van der Waals surface area contributed by atoms with Crippen LogP contribution in [0.25, 0.3) is 0 Å². The number of carbonyl (C=O) groups is 3. The van der Waals surface area contributed by atoms with Gasteiger partial charge in [0.15, 0.2) is 5.82 Å². The number of benzene rings is 1. The van der Waals surface area contributed by atoms with Gasteiger partial charge in [-0.2, -0.15) is 0 Å². The minimum Gasteiger partial charge on any atom is -0.467 e. The van der Waals surface area contributed by atoms with Gasteiger partial charge >= 0.3 is 12.1 Å². The second-order valence-corrected chi connectivity index (χ2v) is 9.41. The second-order valence-electron chi connectivity index (χ2n) is 9.41. The highest BCUT2D eigenvalue weighted by molar-refractivity contribution is 5.86. The van der Waals surface area contributed by atoms with Crippen molar-refractivity contribution in [3.8, 4) is 0 Å². The highest BCUT2D eigenvalue weighted by atomic mass is 16.6. The van der Waals surface area contributed by atoms with Crippen LogP contribution in [-0.2, 0) is 25.5 Å². The Morgan fingerprint density at radius 3 is 2.26 bits per heavy atom. The van der Waals surface area contributed by atoms with Crippen molar-refractivity contribution < 1.29 is 23.9 Å². The molecule has 0 saturated heterocycles. The maximum absolute atomic E-state index is 13.1. The van der Waals surface area contributed by atoms with E-state index in [0.29, 0.717) is 5.82 Å². The molecule has 1 aromatic heterocycles. The van der Waals surface area contributed by atoms with Crippen molar-refractivity contribution in [2.45, 2.75) is 71.7 Å². The third kappa shape index (κ3) is 7.57. The molecular formula is C24H35N5O5.